The first kappa shape index (κ1) is 24.1. The molecule has 0 spiro atoms. The van der Waals surface area contributed by atoms with Gasteiger partial charge in [-0.2, -0.15) is 0 Å². The molecule has 0 aliphatic rings. The maximum Gasteiger partial charge on any atom is 0.311 e. The van der Waals surface area contributed by atoms with Crippen molar-refractivity contribution >= 4 is 51.4 Å². The topological polar surface area (TPSA) is 99.0 Å². The fraction of sp³-hybridized carbons (Fsp3) is 0.381. The van der Waals surface area contributed by atoms with Crippen molar-refractivity contribution in [2.75, 3.05) is 17.7 Å². The van der Waals surface area contributed by atoms with Gasteiger partial charge in [0.05, 0.1) is 24.5 Å². The number of carbonyl (C=O) groups is 2. The third-order valence-corrected chi connectivity index (χ3v) is 6.97. The predicted octanol–water partition coefficient (Wildman–Crippen LogP) is 4.44. The average molecular weight is 492 g/mol. The molecule has 8 nitrogen and oxygen atoms in total. The molecular formula is C21H25N5O3S3. The van der Waals surface area contributed by atoms with E-state index in [1.807, 2.05) is 4.57 Å². The first-order valence-electron chi connectivity index (χ1n) is 10.2. The summed E-state index contributed by atoms with van der Waals surface area (Å²) in [6.45, 7) is 8.62. The van der Waals surface area contributed by atoms with Crippen molar-refractivity contribution in [3.05, 3.63) is 40.1 Å². The standard InChI is InChI=1S/C21H25N5O3S3/c1-4-7-16-9-14(11-30-16)19-24-25-21(26(19)8-5-2)32-13-17(27)23-20-22-15(12-31-20)10-18(28)29-6-3/h5,9,11-12H,2,4,6-8,10,13H2,1,3H3,(H,22,23,27). The molecule has 3 aromatic heterocycles. The summed E-state index contributed by atoms with van der Waals surface area (Å²) in [4.78, 5) is 29.5. The van der Waals surface area contributed by atoms with Gasteiger partial charge in [0.25, 0.3) is 0 Å². The number of thiophene rings is 1. The number of nitrogens with zero attached hydrogens (tertiary/aromatic N) is 4. The Balaban J connectivity index is 1.60. The molecule has 0 aliphatic heterocycles. The van der Waals surface area contributed by atoms with E-state index in [-0.39, 0.29) is 24.1 Å². The van der Waals surface area contributed by atoms with Gasteiger partial charge in [-0.15, -0.1) is 39.4 Å². The molecule has 11 heteroatoms. The van der Waals surface area contributed by atoms with Crippen molar-refractivity contribution in [2.45, 2.75) is 44.8 Å². The Bertz CT molecular complexity index is 1070. The van der Waals surface area contributed by atoms with E-state index in [0.29, 0.717) is 29.1 Å². The molecule has 3 heterocycles. The SMILES string of the molecule is C=CCn1c(SCC(=O)Nc2nc(CC(=O)OCC)cs2)nnc1-c1csc(CCC)c1. The summed E-state index contributed by atoms with van der Waals surface area (Å²) in [5.41, 5.74) is 1.60. The Kier molecular flexibility index (Phi) is 9.00. The fourth-order valence-corrected chi connectivity index (χ4v) is 5.31. The van der Waals surface area contributed by atoms with E-state index in [4.69, 9.17) is 4.74 Å². The highest BCUT2D eigenvalue weighted by molar-refractivity contribution is 7.99. The second kappa shape index (κ2) is 11.9. The molecule has 0 atom stereocenters. The molecule has 3 rings (SSSR count). The first-order valence-corrected chi connectivity index (χ1v) is 12.9. The van der Waals surface area contributed by atoms with Crippen molar-refractivity contribution in [2.24, 2.45) is 0 Å². The minimum atomic E-state index is -0.337. The summed E-state index contributed by atoms with van der Waals surface area (Å²) >= 11 is 4.30. The number of hydrogen-bond acceptors (Lipinski definition) is 9. The minimum Gasteiger partial charge on any atom is -0.466 e. The lowest BCUT2D eigenvalue weighted by Gasteiger charge is -2.06. The van der Waals surface area contributed by atoms with E-state index in [9.17, 15) is 9.59 Å². The molecule has 32 heavy (non-hydrogen) atoms. The third kappa shape index (κ3) is 6.50. The Labute approximate surface area is 199 Å². The molecule has 1 N–H and O–H groups in total. The number of hydrogen-bond donors (Lipinski definition) is 1. The van der Waals surface area contributed by atoms with Gasteiger partial charge in [-0.3, -0.25) is 14.2 Å². The molecule has 1 amide bonds. The highest BCUT2D eigenvalue weighted by atomic mass is 32.2. The molecule has 0 saturated carbocycles. The molecule has 0 radical (unpaired) electrons. The van der Waals surface area contributed by atoms with Crippen molar-refractivity contribution in [1.29, 1.82) is 0 Å². The number of anilines is 1. The smallest absolute Gasteiger partial charge is 0.311 e. The molecule has 3 aromatic rings. The number of esters is 1. The number of thiazole rings is 1. The van der Waals surface area contributed by atoms with Gasteiger partial charge in [0.2, 0.25) is 5.91 Å². The maximum absolute atomic E-state index is 12.4. The molecule has 170 valence electrons. The fourth-order valence-electron chi connectivity index (χ4n) is 2.87. The number of thioether (sulfide) groups is 1. The zero-order valence-electron chi connectivity index (χ0n) is 18.0. The predicted molar refractivity (Wildman–Crippen MR) is 129 cm³/mol. The average Bonchev–Trinajstić information content (AvgIpc) is 3.48. The third-order valence-electron chi connectivity index (χ3n) is 4.20. The quantitative estimate of drug-likeness (QED) is 0.227. The zero-order valence-corrected chi connectivity index (χ0v) is 20.4. The van der Waals surface area contributed by atoms with Gasteiger partial charge in [-0.25, -0.2) is 4.98 Å². The van der Waals surface area contributed by atoms with Gasteiger partial charge in [-0.05, 0) is 19.4 Å². The number of rotatable bonds is 12. The van der Waals surface area contributed by atoms with Crippen molar-refractivity contribution < 1.29 is 14.3 Å². The highest BCUT2D eigenvalue weighted by Crippen LogP contribution is 2.28. The van der Waals surface area contributed by atoms with Gasteiger partial charge in [-0.1, -0.05) is 31.2 Å². The number of ether oxygens (including phenoxy) is 1. The monoisotopic (exact) mass is 491 g/mol. The molecule has 0 unspecified atom stereocenters. The van der Waals surface area contributed by atoms with Gasteiger partial charge in [0.15, 0.2) is 16.1 Å². The Morgan fingerprint density at radius 1 is 1.28 bits per heavy atom. The summed E-state index contributed by atoms with van der Waals surface area (Å²) in [6.07, 6.45) is 4.02. The second-order valence-corrected chi connectivity index (χ2v) is 9.52. The van der Waals surface area contributed by atoms with Crippen LogP contribution in [0.2, 0.25) is 0 Å². The van der Waals surface area contributed by atoms with Crippen LogP contribution in [0, 0.1) is 0 Å². The molecule has 0 aliphatic carbocycles. The molecule has 0 saturated heterocycles. The van der Waals surface area contributed by atoms with Crippen LogP contribution in [0.15, 0.2) is 34.6 Å². The van der Waals surface area contributed by atoms with Crippen LogP contribution in [0.5, 0.6) is 0 Å². The molecule has 0 bridgehead atoms. The van der Waals surface area contributed by atoms with Crippen LogP contribution < -0.4 is 5.32 Å². The van der Waals surface area contributed by atoms with Gasteiger partial charge >= 0.3 is 5.97 Å². The van der Waals surface area contributed by atoms with E-state index >= 15 is 0 Å². The van der Waals surface area contributed by atoms with Crippen molar-refractivity contribution in [1.82, 2.24) is 19.7 Å². The van der Waals surface area contributed by atoms with Crippen molar-refractivity contribution in [3.63, 3.8) is 0 Å². The lowest BCUT2D eigenvalue weighted by Crippen LogP contribution is -2.15. The van der Waals surface area contributed by atoms with Crippen LogP contribution in [-0.2, 0) is 33.7 Å². The summed E-state index contributed by atoms with van der Waals surface area (Å²) in [5, 5.41) is 16.3. The zero-order chi connectivity index (χ0) is 22.9. The number of amides is 1. The summed E-state index contributed by atoms with van der Waals surface area (Å²) in [6, 6.07) is 2.15. The Hall–Kier alpha value is -2.50. The van der Waals surface area contributed by atoms with Gasteiger partial charge in [0.1, 0.15) is 0 Å². The van der Waals surface area contributed by atoms with Crippen LogP contribution in [0.1, 0.15) is 30.8 Å². The van der Waals surface area contributed by atoms with Gasteiger partial charge < -0.3 is 10.1 Å². The minimum absolute atomic E-state index is 0.0882. The number of nitrogens with one attached hydrogen (secondary N) is 1. The van der Waals surface area contributed by atoms with Crippen LogP contribution in [-0.4, -0.2) is 44.0 Å². The van der Waals surface area contributed by atoms with E-state index < -0.39 is 0 Å². The Morgan fingerprint density at radius 3 is 2.88 bits per heavy atom. The first-order chi connectivity index (χ1) is 15.5. The van der Waals surface area contributed by atoms with Crippen LogP contribution in [0.4, 0.5) is 5.13 Å². The number of aryl methyl sites for hydroxylation is 1. The second-order valence-electron chi connectivity index (χ2n) is 6.72. The van der Waals surface area contributed by atoms with Crippen LogP contribution >= 0.6 is 34.4 Å². The normalized spacial score (nSPS) is 10.8. The lowest BCUT2D eigenvalue weighted by molar-refractivity contribution is -0.142. The van der Waals surface area contributed by atoms with E-state index in [1.165, 1.54) is 28.0 Å². The summed E-state index contributed by atoms with van der Waals surface area (Å²) in [5.74, 6) is 0.390. The molecule has 0 aromatic carbocycles. The highest BCUT2D eigenvalue weighted by Gasteiger charge is 2.17. The Morgan fingerprint density at radius 2 is 2.12 bits per heavy atom. The van der Waals surface area contributed by atoms with E-state index in [0.717, 1.165) is 24.2 Å². The maximum atomic E-state index is 12.4. The lowest BCUT2D eigenvalue weighted by atomic mass is 10.2. The van der Waals surface area contributed by atoms with E-state index in [2.05, 4.69) is 45.4 Å². The molecular weight excluding hydrogens is 466 g/mol. The van der Waals surface area contributed by atoms with E-state index in [1.54, 1.807) is 29.7 Å². The van der Waals surface area contributed by atoms with Gasteiger partial charge in [0, 0.05) is 27.7 Å². The van der Waals surface area contributed by atoms with Crippen LogP contribution in [0.25, 0.3) is 11.4 Å². The largest absolute Gasteiger partial charge is 0.466 e. The number of aromatic nitrogens is 4. The summed E-state index contributed by atoms with van der Waals surface area (Å²) < 4.78 is 6.88. The number of allylic oxidation sites excluding steroid dienone is 1. The van der Waals surface area contributed by atoms with Crippen molar-refractivity contribution in [3.8, 4) is 11.4 Å². The van der Waals surface area contributed by atoms with Crippen LogP contribution in [0.3, 0.4) is 0 Å². The number of carbonyl (C=O) groups excluding carboxylic acids is 2. The summed E-state index contributed by atoms with van der Waals surface area (Å²) in [7, 11) is 0. The molecule has 0 fully saturated rings.